The highest BCUT2D eigenvalue weighted by molar-refractivity contribution is 7.09. The van der Waals surface area contributed by atoms with E-state index in [-0.39, 0.29) is 5.84 Å². The van der Waals surface area contributed by atoms with Gasteiger partial charge in [0.05, 0.1) is 0 Å². The number of amidine groups is 1. The molecular formula is C16H21N3OS. The molecule has 3 N–H and O–H groups in total. The Morgan fingerprint density at radius 1 is 1.33 bits per heavy atom. The van der Waals surface area contributed by atoms with Crippen molar-refractivity contribution in [3.63, 3.8) is 0 Å². The molecule has 1 aromatic heterocycles. The lowest BCUT2D eigenvalue weighted by Gasteiger charge is -2.24. The van der Waals surface area contributed by atoms with Gasteiger partial charge in [0.1, 0.15) is 0 Å². The SMILES string of the molecule is CC(Cc1cccs1)N(C)Cc1ccc(C(N)=NO)cc1. The van der Waals surface area contributed by atoms with Gasteiger partial charge in [0, 0.05) is 23.0 Å². The van der Waals surface area contributed by atoms with Gasteiger partial charge in [-0.2, -0.15) is 0 Å². The number of benzene rings is 1. The fourth-order valence-corrected chi connectivity index (χ4v) is 2.98. The van der Waals surface area contributed by atoms with E-state index in [4.69, 9.17) is 10.9 Å². The lowest BCUT2D eigenvalue weighted by Crippen LogP contribution is -2.30. The van der Waals surface area contributed by atoms with Crippen LogP contribution in [0.1, 0.15) is 22.9 Å². The van der Waals surface area contributed by atoms with Gasteiger partial charge < -0.3 is 10.9 Å². The summed E-state index contributed by atoms with van der Waals surface area (Å²) in [5, 5.41) is 13.8. The Morgan fingerprint density at radius 2 is 2.05 bits per heavy atom. The van der Waals surface area contributed by atoms with Crippen LogP contribution in [-0.2, 0) is 13.0 Å². The first-order chi connectivity index (χ1) is 10.1. The lowest BCUT2D eigenvalue weighted by molar-refractivity contribution is 0.249. The molecule has 0 spiro atoms. The predicted molar refractivity (Wildman–Crippen MR) is 87.9 cm³/mol. The van der Waals surface area contributed by atoms with Gasteiger partial charge in [-0.25, -0.2) is 0 Å². The van der Waals surface area contributed by atoms with Crippen molar-refractivity contribution in [3.8, 4) is 0 Å². The largest absolute Gasteiger partial charge is 0.409 e. The smallest absolute Gasteiger partial charge is 0.170 e. The van der Waals surface area contributed by atoms with Gasteiger partial charge in [0.15, 0.2) is 5.84 Å². The van der Waals surface area contributed by atoms with E-state index in [0.717, 1.165) is 18.5 Å². The molecule has 2 aromatic rings. The van der Waals surface area contributed by atoms with E-state index >= 15 is 0 Å². The van der Waals surface area contributed by atoms with Gasteiger partial charge in [-0.15, -0.1) is 11.3 Å². The third-order valence-corrected chi connectivity index (χ3v) is 4.52. The minimum absolute atomic E-state index is 0.140. The summed E-state index contributed by atoms with van der Waals surface area (Å²) in [6, 6.07) is 12.5. The Morgan fingerprint density at radius 3 is 2.62 bits per heavy atom. The van der Waals surface area contributed by atoms with Crippen LogP contribution in [0.4, 0.5) is 0 Å². The van der Waals surface area contributed by atoms with Crippen LogP contribution in [0, 0.1) is 0 Å². The molecule has 4 nitrogen and oxygen atoms in total. The number of nitrogens with two attached hydrogens (primary N) is 1. The summed E-state index contributed by atoms with van der Waals surface area (Å²) >= 11 is 1.81. The summed E-state index contributed by atoms with van der Waals surface area (Å²) < 4.78 is 0. The second-order valence-corrected chi connectivity index (χ2v) is 6.26. The molecular weight excluding hydrogens is 282 g/mol. The summed E-state index contributed by atoms with van der Waals surface area (Å²) in [6.45, 7) is 3.12. The highest BCUT2D eigenvalue weighted by Gasteiger charge is 2.11. The summed E-state index contributed by atoms with van der Waals surface area (Å²) in [4.78, 5) is 3.75. The van der Waals surface area contributed by atoms with Crippen molar-refractivity contribution in [3.05, 3.63) is 57.8 Å². The van der Waals surface area contributed by atoms with Crippen LogP contribution < -0.4 is 5.73 Å². The number of hydrogen-bond acceptors (Lipinski definition) is 4. The van der Waals surface area contributed by atoms with Crippen LogP contribution in [0.2, 0.25) is 0 Å². The van der Waals surface area contributed by atoms with Crippen LogP contribution in [0.3, 0.4) is 0 Å². The fourth-order valence-electron chi connectivity index (χ4n) is 2.16. The predicted octanol–water partition coefficient (Wildman–Crippen LogP) is 2.91. The summed E-state index contributed by atoms with van der Waals surface area (Å²) in [6.07, 6.45) is 1.07. The van der Waals surface area contributed by atoms with Crippen LogP contribution in [0.25, 0.3) is 0 Å². The molecule has 0 amide bonds. The first kappa shape index (κ1) is 15.5. The third kappa shape index (κ3) is 4.31. The second-order valence-electron chi connectivity index (χ2n) is 5.23. The Bertz CT molecular complexity index is 578. The maximum absolute atomic E-state index is 8.65. The van der Waals surface area contributed by atoms with Crippen molar-refractivity contribution in [2.45, 2.75) is 25.9 Å². The maximum atomic E-state index is 8.65. The quantitative estimate of drug-likeness (QED) is 0.373. The summed E-state index contributed by atoms with van der Waals surface area (Å²) in [5.74, 6) is 0.140. The molecule has 5 heteroatoms. The van der Waals surface area contributed by atoms with Crippen molar-refractivity contribution < 1.29 is 5.21 Å². The van der Waals surface area contributed by atoms with E-state index in [1.165, 1.54) is 10.4 Å². The van der Waals surface area contributed by atoms with Gasteiger partial charge in [-0.1, -0.05) is 35.5 Å². The Kier molecular flexibility index (Phi) is 5.36. The van der Waals surface area contributed by atoms with Crippen molar-refractivity contribution in [2.75, 3.05) is 7.05 Å². The minimum Gasteiger partial charge on any atom is -0.409 e. The van der Waals surface area contributed by atoms with E-state index in [1.807, 2.05) is 24.3 Å². The first-order valence-corrected chi connectivity index (χ1v) is 7.77. The molecule has 112 valence electrons. The van der Waals surface area contributed by atoms with Crippen LogP contribution in [0.15, 0.2) is 46.9 Å². The number of nitrogens with zero attached hydrogens (tertiary/aromatic N) is 2. The molecule has 1 atom stereocenters. The van der Waals surface area contributed by atoms with Gasteiger partial charge in [-0.3, -0.25) is 4.90 Å². The third-order valence-electron chi connectivity index (χ3n) is 3.62. The summed E-state index contributed by atoms with van der Waals surface area (Å²) in [5.41, 5.74) is 7.51. The number of rotatable bonds is 6. The molecule has 0 aliphatic heterocycles. The molecule has 1 unspecified atom stereocenters. The van der Waals surface area contributed by atoms with Gasteiger partial charge in [0.25, 0.3) is 0 Å². The van der Waals surface area contributed by atoms with Crippen molar-refractivity contribution in [1.29, 1.82) is 0 Å². The Hall–Kier alpha value is -1.85. The molecule has 1 heterocycles. The molecule has 1 aromatic carbocycles. The van der Waals surface area contributed by atoms with Crippen molar-refractivity contribution in [2.24, 2.45) is 10.9 Å². The monoisotopic (exact) mass is 303 g/mol. The van der Waals surface area contributed by atoms with Crippen LogP contribution >= 0.6 is 11.3 Å². The molecule has 0 fully saturated rings. The molecule has 0 aliphatic rings. The molecule has 0 saturated heterocycles. The van der Waals surface area contributed by atoms with E-state index in [0.29, 0.717) is 6.04 Å². The van der Waals surface area contributed by atoms with Crippen LogP contribution in [-0.4, -0.2) is 29.0 Å². The average molecular weight is 303 g/mol. The number of hydrogen-bond donors (Lipinski definition) is 2. The summed E-state index contributed by atoms with van der Waals surface area (Å²) in [7, 11) is 2.13. The Balaban J connectivity index is 1.94. The number of oxime groups is 1. The Labute approximate surface area is 129 Å². The highest BCUT2D eigenvalue weighted by Crippen LogP contribution is 2.15. The molecule has 0 aliphatic carbocycles. The van der Waals surface area contributed by atoms with Gasteiger partial charge >= 0.3 is 0 Å². The molecule has 2 rings (SSSR count). The topological polar surface area (TPSA) is 61.8 Å². The first-order valence-electron chi connectivity index (χ1n) is 6.89. The highest BCUT2D eigenvalue weighted by atomic mass is 32.1. The minimum atomic E-state index is 0.140. The maximum Gasteiger partial charge on any atom is 0.170 e. The van der Waals surface area contributed by atoms with Gasteiger partial charge in [-0.05, 0) is 37.4 Å². The molecule has 21 heavy (non-hydrogen) atoms. The zero-order valence-electron chi connectivity index (χ0n) is 12.4. The average Bonchev–Trinajstić information content (AvgIpc) is 3.00. The van der Waals surface area contributed by atoms with Crippen molar-refractivity contribution >= 4 is 17.2 Å². The van der Waals surface area contributed by atoms with E-state index in [1.54, 1.807) is 11.3 Å². The zero-order valence-corrected chi connectivity index (χ0v) is 13.2. The van der Waals surface area contributed by atoms with E-state index < -0.39 is 0 Å². The van der Waals surface area contributed by atoms with Gasteiger partial charge in [0.2, 0.25) is 0 Å². The molecule has 0 radical (unpaired) electrons. The molecule has 0 bridgehead atoms. The number of likely N-dealkylation sites (N-methyl/N-ethyl adjacent to an activating group) is 1. The van der Waals surface area contributed by atoms with Crippen LogP contribution in [0.5, 0.6) is 0 Å². The zero-order chi connectivity index (χ0) is 15.2. The lowest BCUT2D eigenvalue weighted by atomic mass is 10.1. The standard InChI is InChI=1S/C16H21N3OS/c1-12(10-15-4-3-9-21-15)19(2)11-13-5-7-14(8-6-13)16(17)18-20/h3-9,12,20H,10-11H2,1-2H3,(H2,17,18). The second kappa shape index (κ2) is 7.24. The normalized spacial score (nSPS) is 13.6. The fraction of sp³-hybridized carbons (Fsp3) is 0.312. The number of thiophene rings is 1. The van der Waals surface area contributed by atoms with E-state index in [2.05, 4.69) is 41.5 Å². The van der Waals surface area contributed by atoms with Crippen molar-refractivity contribution in [1.82, 2.24) is 4.90 Å². The molecule has 0 saturated carbocycles. The van der Waals surface area contributed by atoms with E-state index in [9.17, 15) is 0 Å².